The van der Waals surface area contributed by atoms with Crippen LogP contribution in [0.3, 0.4) is 0 Å². The second-order valence-electron chi connectivity index (χ2n) is 11.6. The van der Waals surface area contributed by atoms with Gasteiger partial charge in [0.05, 0.1) is 31.8 Å². The highest BCUT2D eigenvalue weighted by Gasteiger charge is 2.21. The standard InChI is InChI=1S/C45H28N4S/c1-3-14-29(15-4-1)43-46-44(30-16-5-2-6-17-30)48-45(47-43)37-27-26-31(32-21-13-22-36-35-20-9-12-25-41(35)50-42(32)36)28-40(37)49-38-23-10-7-18-33(38)34-19-8-11-24-39(34)49/h1-28H/i7D,8D,9D,13D,18D,19D,20D,22D,23D,24D,25D. The molecule has 3 aromatic heterocycles. The summed E-state index contributed by atoms with van der Waals surface area (Å²) in [5.74, 6) is 0.947. The van der Waals surface area contributed by atoms with Gasteiger partial charge in [0.15, 0.2) is 17.5 Å². The summed E-state index contributed by atoms with van der Waals surface area (Å²) in [5.41, 5.74) is 3.38. The van der Waals surface area contributed by atoms with Crippen LogP contribution >= 0.6 is 11.3 Å². The van der Waals surface area contributed by atoms with E-state index in [1.165, 1.54) is 35.6 Å². The summed E-state index contributed by atoms with van der Waals surface area (Å²) in [6.45, 7) is 0. The first-order chi connectivity index (χ1) is 29.3. The maximum atomic E-state index is 9.25. The number of nitrogens with zero attached hydrogens (tertiary/aromatic N) is 4. The molecule has 0 radical (unpaired) electrons. The third-order valence-electron chi connectivity index (χ3n) is 8.66. The predicted octanol–water partition coefficient (Wildman–Crippen LogP) is 12.0. The van der Waals surface area contributed by atoms with Crippen LogP contribution in [0.15, 0.2) is 170 Å². The monoisotopic (exact) mass is 667 g/mol. The SMILES string of the molecule is [2H]c1cc([2H])c2sc3c(-c4ccc(-c5nc(-c6ccccc6)nc(-c6ccccc6)n5)c(-n5c6c([2H])cc([2H])c([2H])c6c6c([2H])c([2H])cc([2H])c65)c4)cc([2H])c([2H])c3c2c1[2H]. The van der Waals surface area contributed by atoms with E-state index in [1.807, 2.05) is 60.7 Å². The highest BCUT2D eigenvalue weighted by atomic mass is 32.1. The van der Waals surface area contributed by atoms with Crippen molar-refractivity contribution >= 4 is 53.3 Å². The Kier molecular flexibility index (Phi) is 4.54. The fourth-order valence-electron chi connectivity index (χ4n) is 6.39. The van der Waals surface area contributed by atoms with Gasteiger partial charge in [-0.3, -0.25) is 0 Å². The van der Waals surface area contributed by atoms with Gasteiger partial charge < -0.3 is 4.57 Å². The van der Waals surface area contributed by atoms with Gasteiger partial charge in [0, 0.05) is 47.6 Å². The van der Waals surface area contributed by atoms with Crippen molar-refractivity contribution in [3.05, 3.63) is 170 Å². The number of thiophene rings is 1. The van der Waals surface area contributed by atoms with Crippen LogP contribution in [-0.2, 0) is 0 Å². The predicted molar refractivity (Wildman–Crippen MR) is 209 cm³/mol. The summed E-state index contributed by atoms with van der Waals surface area (Å²) in [4.78, 5) is 14.9. The summed E-state index contributed by atoms with van der Waals surface area (Å²) in [7, 11) is 0. The van der Waals surface area contributed by atoms with Gasteiger partial charge in [-0.25, -0.2) is 15.0 Å². The number of fused-ring (bicyclic) bond motifs is 6. The number of aromatic nitrogens is 4. The van der Waals surface area contributed by atoms with E-state index in [2.05, 4.69) is 0 Å². The Morgan fingerprint density at radius 2 is 1.04 bits per heavy atom. The van der Waals surface area contributed by atoms with Crippen molar-refractivity contribution in [1.82, 2.24) is 19.5 Å². The summed E-state index contributed by atoms with van der Waals surface area (Å²) >= 11 is 1.19. The van der Waals surface area contributed by atoms with Crippen molar-refractivity contribution in [3.8, 4) is 51.0 Å². The van der Waals surface area contributed by atoms with Gasteiger partial charge in [-0.2, -0.15) is 0 Å². The van der Waals surface area contributed by atoms with Crippen molar-refractivity contribution < 1.29 is 15.1 Å². The van der Waals surface area contributed by atoms with Gasteiger partial charge in [-0.15, -0.1) is 11.3 Å². The van der Waals surface area contributed by atoms with Crippen molar-refractivity contribution in [2.45, 2.75) is 0 Å². The van der Waals surface area contributed by atoms with E-state index in [9.17, 15) is 2.74 Å². The summed E-state index contributed by atoms with van der Waals surface area (Å²) < 4.78 is 100.0. The molecule has 7 aromatic carbocycles. The van der Waals surface area contributed by atoms with Gasteiger partial charge in [0.25, 0.3) is 0 Å². The minimum Gasteiger partial charge on any atom is -0.308 e. The molecule has 0 aliphatic heterocycles. The van der Waals surface area contributed by atoms with Crippen LogP contribution in [0.5, 0.6) is 0 Å². The van der Waals surface area contributed by atoms with E-state index in [0.29, 0.717) is 54.6 Å². The first-order valence-electron chi connectivity index (χ1n) is 21.3. The number of hydrogen-bond acceptors (Lipinski definition) is 4. The minimum atomic E-state index is -0.271. The van der Waals surface area contributed by atoms with E-state index in [0.717, 1.165) is 0 Å². The van der Waals surface area contributed by atoms with Crippen LogP contribution in [0.1, 0.15) is 15.1 Å². The molecule has 0 spiro atoms. The lowest BCUT2D eigenvalue weighted by atomic mass is 9.99. The lowest BCUT2D eigenvalue weighted by Crippen LogP contribution is -2.04. The summed E-state index contributed by atoms with van der Waals surface area (Å²) in [6, 6.07) is 27.5. The molecule has 5 heteroatoms. The van der Waals surface area contributed by atoms with E-state index in [-0.39, 0.29) is 105 Å². The Hall–Kier alpha value is -6.43. The smallest absolute Gasteiger partial charge is 0.166 e. The molecule has 0 N–H and O–H groups in total. The number of benzene rings is 7. The topological polar surface area (TPSA) is 43.6 Å². The average Bonchev–Trinajstić information content (AvgIpc) is 3.85. The molecule has 0 saturated carbocycles. The third kappa shape index (κ3) is 4.63. The van der Waals surface area contributed by atoms with E-state index < -0.39 is 0 Å². The van der Waals surface area contributed by atoms with Gasteiger partial charge in [0.1, 0.15) is 0 Å². The second kappa shape index (κ2) is 11.6. The fourth-order valence-corrected chi connectivity index (χ4v) is 7.51. The van der Waals surface area contributed by atoms with Crippen LogP contribution in [0.4, 0.5) is 0 Å². The maximum Gasteiger partial charge on any atom is 0.166 e. The number of para-hydroxylation sites is 2. The van der Waals surface area contributed by atoms with Crippen molar-refractivity contribution in [3.63, 3.8) is 0 Å². The molecule has 0 bridgehead atoms. The van der Waals surface area contributed by atoms with Gasteiger partial charge in [-0.05, 0) is 41.4 Å². The van der Waals surface area contributed by atoms with Crippen molar-refractivity contribution in [2.24, 2.45) is 0 Å². The highest BCUT2D eigenvalue weighted by molar-refractivity contribution is 7.26. The van der Waals surface area contributed by atoms with Gasteiger partial charge in [0.2, 0.25) is 0 Å². The van der Waals surface area contributed by atoms with Crippen LogP contribution < -0.4 is 0 Å². The molecular weight excluding hydrogens is 629 g/mol. The molecule has 3 heterocycles. The average molecular weight is 668 g/mol. The Morgan fingerprint density at radius 3 is 1.70 bits per heavy atom. The Balaban J connectivity index is 1.37. The van der Waals surface area contributed by atoms with Crippen LogP contribution in [0.25, 0.3) is 93.0 Å². The number of hydrogen-bond donors (Lipinski definition) is 0. The zero-order valence-corrected chi connectivity index (χ0v) is 26.8. The first kappa shape index (κ1) is 19.5. The van der Waals surface area contributed by atoms with Crippen molar-refractivity contribution in [1.29, 1.82) is 0 Å². The molecule has 10 aromatic rings. The normalized spacial score (nSPS) is 14.7. The maximum absolute atomic E-state index is 9.25. The largest absolute Gasteiger partial charge is 0.308 e. The summed E-state index contributed by atoms with van der Waals surface area (Å²) in [5, 5.41) is 0.669. The molecule has 0 atom stereocenters. The molecule has 4 nitrogen and oxygen atoms in total. The molecule has 0 amide bonds. The Morgan fingerprint density at radius 1 is 0.460 bits per heavy atom. The number of rotatable bonds is 5. The molecule has 0 saturated heterocycles. The molecule has 0 aliphatic rings. The molecule has 10 rings (SSSR count). The van der Waals surface area contributed by atoms with Crippen LogP contribution in [0.2, 0.25) is 0 Å². The quantitative estimate of drug-likeness (QED) is 0.183. The van der Waals surface area contributed by atoms with Gasteiger partial charge in [-0.1, -0.05) is 139 Å². The van der Waals surface area contributed by atoms with E-state index in [1.54, 1.807) is 22.8 Å². The zero-order valence-electron chi connectivity index (χ0n) is 37.0. The summed E-state index contributed by atoms with van der Waals surface area (Å²) in [6.07, 6.45) is 0. The third-order valence-corrected chi connectivity index (χ3v) is 9.81. The molecule has 0 fully saturated rings. The molecule has 234 valence electrons. The fraction of sp³-hybridized carbons (Fsp3) is 0. The Labute approximate surface area is 308 Å². The second-order valence-corrected chi connectivity index (χ2v) is 12.6. The van der Waals surface area contributed by atoms with E-state index in [4.69, 9.17) is 27.3 Å². The molecule has 0 aliphatic carbocycles. The first-order valence-corrected chi connectivity index (χ1v) is 16.6. The van der Waals surface area contributed by atoms with Gasteiger partial charge >= 0.3 is 0 Å². The van der Waals surface area contributed by atoms with Crippen molar-refractivity contribution in [2.75, 3.05) is 0 Å². The van der Waals surface area contributed by atoms with E-state index >= 15 is 0 Å². The van der Waals surface area contributed by atoms with Crippen LogP contribution in [-0.4, -0.2) is 19.5 Å². The Bertz CT molecular complexity index is 3370. The lowest BCUT2D eigenvalue weighted by molar-refractivity contribution is 1.06. The molecule has 0 unspecified atom stereocenters. The minimum absolute atomic E-state index is 0.0274. The van der Waals surface area contributed by atoms with Crippen LogP contribution in [0, 0.1) is 0 Å². The highest BCUT2D eigenvalue weighted by Crippen LogP contribution is 2.42. The molecular formula is C45H28N4S. The molecule has 50 heavy (non-hydrogen) atoms. The lowest BCUT2D eigenvalue weighted by Gasteiger charge is -2.16. The zero-order chi connectivity index (χ0) is 42.6.